The molecule has 146 valence electrons. The van der Waals surface area contributed by atoms with Gasteiger partial charge >= 0.3 is 0 Å². The van der Waals surface area contributed by atoms with Gasteiger partial charge in [0, 0.05) is 10.7 Å². The van der Waals surface area contributed by atoms with E-state index in [4.69, 9.17) is 11.6 Å². The van der Waals surface area contributed by atoms with E-state index in [1.54, 1.807) is 23.0 Å². The van der Waals surface area contributed by atoms with Gasteiger partial charge in [-0.15, -0.1) is 0 Å². The SMILES string of the molecule is Cc1ccc(Cl)cc1NC(=O)C(C)Sc1ncnc2c1cnn2-c1ccccc1. The summed E-state index contributed by atoms with van der Waals surface area (Å²) in [4.78, 5) is 21.5. The third-order valence-corrected chi connectivity index (χ3v) is 5.80. The Kier molecular flexibility index (Phi) is 5.51. The number of amides is 1. The van der Waals surface area contributed by atoms with Crippen LogP contribution < -0.4 is 5.32 Å². The smallest absolute Gasteiger partial charge is 0.237 e. The Balaban J connectivity index is 1.57. The molecule has 0 aliphatic carbocycles. The highest BCUT2D eigenvalue weighted by atomic mass is 35.5. The Morgan fingerprint density at radius 2 is 1.97 bits per heavy atom. The van der Waals surface area contributed by atoms with E-state index in [0.717, 1.165) is 16.6 Å². The van der Waals surface area contributed by atoms with E-state index in [1.165, 1.54) is 18.1 Å². The number of halogens is 1. The first-order valence-corrected chi connectivity index (χ1v) is 10.3. The maximum atomic E-state index is 12.7. The third-order valence-electron chi connectivity index (χ3n) is 4.45. The molecule has 0 spiro atoms. The number of thioether (sulfide) groups is 1. The predicted octanol–water partition coefficient (Wildman–Crippen LogP) is 4.90. The van der Waals surface area contributed by atoms with Crippen molar-refractivity contribution in [3.8, 4) is 5.69 Å². The number of aromatic nitrogens is 4. The van der Waals surface area contributed by atoms with Gasteiger partial charge in [0.05, 0.1) is 22.5 Å². The van der Waals surface area contributed by atoms with Crippen LogP contribution in [-0.2, 0) is 4.79 Å². The summed E-state index contributed by atoms with van der Waals surface area (Å²) in [5.41, 5.74) is 3.28. The van der Waals surface area contributed by atoms with E-state index >= 15 is 0 Å². The van der Waals surface area contributed by atoms with Crippen LogP contribution in [0.3, 0.4) is 0 Å². The van der Waals surface area contributed by atoms with Gasteiger partial charge in [0.2, 0.25) is 5.91 Å². The Morgan fingerprint density at radius 1 is 1.17 bits per heavy atom. The number of carbonyl (C=O) groups excluding carboxylic acids is 1. The van der Waals surface area contributed by atoms with Crippen LogP contribution in [0, 0.1) is 6.92 Å². The largest absolute Gasteiger partial charge is 0.325 e. The van der Waals surface area contributed by atoms with E-state index < -0.39 is 0 Å². The molecule has 1 atom stereocenters. The molecule has 4 aromatic rings. The van der Waals surface area contributed by atoms with Gasteiger partial charge in [-0.05, 0) is 43.7 Å². The minimum absolute atomic E-state index is 0.123. The Hall–Kier alpha value is -2.90. The average Bonchev–Trinajstić information content (AvgIpc) is 3.16. The number of aryl methyl sites for hydroxylation is 1. The molecule has 0 fully saturated rings. The molecule has 29 heavy (non-hydrogen) atoms. The van der Waals surface area contributed by atoms with Crippen LogP contribution in [-0.4, -0.2) is 30.9 Å². The molecular formula is C21H18ClN5OS. The van der Waals surface area contributed by atoms with Crippen LogP contribution in [0.1, 0.15) is 12.5 Å². The lowest BCUT2D eigenvalue weighted by Gasteiger charge is -2.13. The number of carbonyl (C=O) groups is 1. The molecule has 4 rings (SSSR count). The lowest BCUT2D eigenvalue weighted by molar-refractivity contribution is -0.115. The van der Waals surface area contributed by atoms with Crippen LogP contribution in [0.15, 0.2) is 66.1 Å². The van der Waals surface area contributed by atoms with Crippen molar-refractivity contribution in [1.29, 1.82) is 0 Å². The molecule has 1 unspecified atom stereocenters. The standard InChI is InChI=1S/C21H18ClN5OS/c1-13-8-9-15(22)10-18(13)26-20(28)14(2)29-21-17-11-25-27(19(17)23-12-24-21)16-6-4-3-5-7-16/h3-12,14H,1-2H3,(H,26,28). The predicted molar refractivity (Wildman–Crippen MR) is 117 cm³/mol. The van der Waals surface area contributed by atoms with Crippen molar-refractivity contribution in [2.45, 2.75) is 24.1 Å². The number of hydrogen-bond acceptors (Lipinski definition) is 5. The van der Waals surface area contributed by atoms with Gasteiger partial charge in [0.15, 0.2) is 5.65 Å². The van der Waals surface area contributed by atoms with Crippen LogP contribution in [0.4, 0.5) is 5.69 Å². The number of anilines is 1. The van der Waals surface area contributed by atoms with Crippen LogP contribution in [0.5, 0.6) is 0 Å². The molecular weight excluding hydrogens is 406 g/mol. The van der Waals surface area contributed by atoms with E-state index in [0.29, 0.717) is 21.4 Å². The quantitative estimate of drug-likeness (QED) is 0.365. The highest BCUT2D eigenvalue weighted by Crippen LogP contribution is 2.30. The van der Waals surface area contributed by atoms with Crippen LogP contribution in [0.2, 0.25) is 5.02 Å². The van der Waals surface area contributed by atoms with Crippen LogP contribution >= 0.6 is 23.4 Å². The lowest BCUT2D eigenvalue weighted by atomic mass is 10.2. The first kappa shape index (κ1) is 19.4. The molecule has 2 heterocycles. The molecule has 1 amide bonds. The van der Waals surface area contributed by atoms with Crippen molar-refractivity contribution in [3.05, 3.63) is 71.6 Å². The number of rotatable bonds is 5. The van der Waals surface area contributed by atoms with Gasteiger partial charge in [-0.3, -0.25) is 4.79 Å². The molecule has 1 N–H and O–H groups in total. The lowest BCUT2D eigenvalue weighted by Crippen LogP contribution is -2.23. The van der Waals surface area contributed by atoms with Crippen molar-refractivity contribution >= 4 is 46.0 Å². The van der Waals surface area contributed by atoms with Gasteiger partial charge in [0.1, 0.15) is 11.4 Å². The molecule has 0 aliphatic heterocycles. The normalized spacial score (nSPS) is 12.1. The van der Waals surface area contributed by atoms with Crippen molar-refractivity contribution in [2.24, 2.45) is 0 Å². The second-order valence-electron chi connectivity index (χ2n) is 6.52. The average molecular weight is 424 g/mol. The van der Waals surface area contributed by atoms with Crippen molar-refractivity contribution in [2.75, 3.05) is 5.32 Å². The molecule has 6 nitrogen and oxygen atoms in total. The highest BCUT2D eigenvalue weighted by molar-refractivity contribution is 8.00. The monoisotopic (exact) mass is 423 g/mol. The van der Waals surface area contributed by atoms with E-state index in [2.05, 4.69) is 20.4 Å². The van der Waals surface area contributed by atoms with Crippen molar-refractivity contribution in [1.82, 2.24) is 19.7 Å². The summed E-state index contributed by atoms with van der Waals surface area (Å²) in [5, 5.41) is 9.12. The van der Waals surface area contributed by atoms with E-state index in [-0.39, 0.29) is 11.2 Å². The zero-order valence-corrected chi connectivity index (χ0v) is 17.4. The number of nitrogens with zero attached hydrogens (tertiary/aromatic N) is 4. The summed E-state index contributed by atoms with van der Waals surface area (Å²) >= 11 is 7.41. The number of fused-ring (bicyclic) bond motifs is 1. The van der Waals surface area contributed by atoms with Gasteiger partial charge in [-0.2, -0.15) is 5.10 Å². The number of nitrogens with one attached hydrogen (secondary N) is 1. The molecule has 0 bridgehead atoms. The Bertz CT molecular complexity index is 1180. The molecule has 2 aromatic heterocycles. The third kappa shape index (κ3) is 4.11. The molecule has 2 aromatic carbocycles. The molecule has 0 saturated heterocycles. The maximum absolute atomic E-state index is 12.7. The summed E-state index contributed by atoms with van der Waals surface area (Å²) in [5.74, 6) is -0.123. The Labute approximate surface area is 177 Å². The van der Waals surface area contributed by atoms with E-state index in [1.807, 2.05) is 50.2 Å². The first-order valence-electron chi connectivity index (χ1n) is 9.01. The fourth-order valence-electron chi connectivity index (χ4n) is 2.86. The van der Waals surface area contributed by atoms with Gasteiger partial charge in [-0.25, -0.2) is 14.6 Å². The van der Waals surface area contributed by atoms with Crippen molar-refractivity contribution < 1.29 is 4.79 Å². The van der Waals surface area contributed by atoms with Gasteiger partial charge in [-0.1, -0.05) is 47.6 Å². The van der Waals surface area contributed by atoms with Gasteiger partial charge < -0.3 is 5.32 Å². The molecule has 0 saturated carbocycles. The fourth-order valence-corrected chi connectivity index (χ4v) is 3.91. The summed E-state index contributed by atoms with van der Waals surface area (Å²) in [6.07, 6.45) is 3.23. The zero-order chi connectivity index (χ0) is 20.4. The summed E-state index contributed by atoms with van der Waals surface area (Å²) in [6, 6.07) is 15.2. The van der Waals surface area contributed by atoms with Gasteiger partial charge in [0.25, 0.3) is 0 Å². The molecule has 8 heteroatoms. The Morgan fingerprint density at radius 3 is 2.76 bits per heavy atom. The minimum Gasteiger partial charge on any atom is -0.325 e. The second kappa shape index (κ2) is 8.23. The summed E-state index contributed by atoms with van der Waals surface area (Å²) in [7, 11) is 0. The summed E-state index contributed by atoms with van der Waals surface area (Å²) in [6.45, 7) is 3.77. The highest BCUT2D eigenvalue weighted by Gasteiger charge is 2.19. The topological polar surface area (TPSA) is 72.7 Å². The number of benzene rings is 2. The van der Waals surface area contributed by atoms with Crippen molar-refractivity contribution in [3.63, 3.8) is 0 Å². The number of hydrogen-bond donors (Lipinski definition) is 1. The van der Waals surface area contributed by atoms with E-state index in [9.17, 15) is 4.79 Å². The zero-order valence-electron chi connectivity index (χ0n) is 15.8. The minimum atomic E-state index is -0.369. The maximum Gasteiger partial charge on any atom is 0.237 e. The fraction of sp³-hybridized carbons (Fsp3) is 0.143. The molecule has 0 radical (unpaired) electrons. The van der Waals surface area contributed by atoms with Crippen LogP contribution in [0.25, 0.3) is 16.7 Å². The number of para-hydroxylation sites is 1. The summed E-state index contributed by atoms with van der Waals surface area (Å²) < 4.78 is 1.77. The first-order chi connectivity index (χ1) is 14.0. The second-order valence-corrected chi connectivity index (χ2v) is 8.28. The molecule has 0 aliphatic rings.